The number of aliphatic hydroxyl groups is 1. The van der Waals surface area contributed by atoms with Gasteiger partial charge in [-0.1, -0.05) is 18.2 Å². The Balaban J connectivity index is 1.76. The van der Waals surface area contributed by atoms with Gasteiger partial charge >= 0.3 is 0 Å². The van der Waals surface area contributed by atoms with Gasteiger partial charge in [-0.15, -0.1) is 0 Å². The van der Waals surface area contributed by atoms with Gasteiger partial charge in [-0.3, -0.25) is 9.59 Å². The Bertz CT molecular complexity index is 766. The van der Waals surface area contributed by atoms with Crippen molar-refractivity contribution in [1.82, 2.24) is 10.6 Å². The lowest BCUT2D eigenvalue weighted by atomic mass is 10.1. The van der Waals surface area contributed by atoms with Crippen molar-refractivity contribution in [2.45, 2.75) is 19.6 Å². The summed E-state index contributed by atoms with van der Waals surface area (Å²) < 4.78 is 26.3. The average molecular weight is 348 g/mol. The molecule has 3 N–H and O–H groups in total. The van der Waals surface area contributed by atoms with E-state index in [0.717, 1.165) is 0 Å². The standard InChI is InChI=1S/C18H18F2N2O3/c19-15-3-1-2-12(7-15)8-17(24)22-10-18(25)21-9-13-4-5-16(20)14(6-13)11-23/h1-7,23H,8-11H2,(H,21,25)(H,22,24). The predicted octanol–water partition coefficient (Wildman–Crippen LogP) is 1.43. The van der Waals surface area contributed by atoms with E-state index in [-0.39, 0.29) is 25.1 Å². The van der Waals surface area contributed by atoms with Crippen molar-refractivity contribution in [3.63, 3.8) is 0 Å². The molecule has 25 heavy (non-hydrogen) atoms. The number of nitrogens with one attached hydrogen (secondary N) is 2. The van der Waals surface area contributed by atoms with Crippen molar-refractivity contribution >= 4 is 11.8 Å². The van der Waals surface area contributed by atoms with Crippen molar-refractivity contribution in [1.29, 1.82) is 0 Å². The van der Waals surface area contributed by atoms with Gasteiger partial charge in [0.05, 0.1) is 19.6 Å². The summed E-state index contributed by atoms with van der Waals surface area (Å²) in [6.07, 6.45) is -0.0249. The third-order valence-electron chi connectivity index (χ3n) is 3.47. The number of carbonyl (C=O) groups is 2. The molecule has 0 aliphatic heterocycles. The second-order valence-corrected chi connectivity index (χ2v) is 5.44. The Morgan fingerprint density at radius 1 is 0.960 bits per heavy atom. The van der Waals surface area contributed by atoms with E-state index in [2.05, 4.69) is 10.6 Å². The number of hydrogen-bond donors (Lipinski definition) is 3. The van der Waals surface area contributed by atoms with Gasteiger partial charge in [-0.2, -0.15) is 0 Å². The molecule has 0 radical (unpaired) electrons. The lowest BCUT2D eigenvalue weighted by molar-refractivity contribution is -0.125. The lowest BCUT2D eigenvalue weighted by Gasteiger charge is -2.08. The van der Waals surface area contributed by atoms with Crippen LogP contribution in [0.2, 0.25) is 0 Å². The molecule has 0 aromatic heterocycles. The maximum absolute atomic E-state index is 13.3. The molecule has 0 aliphatic rings. The van der Waals surface area contributed by atoms with Crippen LogP contribution in [-0.2, 0) is 29.2 Å². The summed E-state index contributed by atoms with van der Waals surface area (Å²) in [6.45, 7) is -0.502. The van der Waals surface area contributed by atoms with Crippen LogP contribution in [0, 0.1) is 11.6 Å². The van der Waals surface area contributed by atoms with Gasteiger partial charge < -0.3 is 15.7 Å². The molecule has 2 aromatic carbocycles. The smallest absolute Gasteiger partial charge is 0.239 e. The summed E-state index contributed by atoms with van der Waals surface area (Å²) in [7, 11) is 0. The molecule has 0 atom stereocenters. The zero-order valence-electron chi connectivity index (χ0n) is 13.4. The first-order chi connectivity index (χ1) is 12.0. The van der Waals surface area contributed by atoms with E-state index in [1.807, 2.05) is 0 Å². The quantitative estimate of drug-likeness (QED) is 0.708. The zero-order chi connectivity index (χ0) is 18.2. The number of hydrogen-bond acceptors (Lipinski definition) is 3. The summed E-state index contributed by atoms with van der Waals surface area (Å²) >= 11 is 0. The monoisotopic (exact) mass is 348 g/mol. The molecule has 0 fully saturated rings. The Kier molecular flexibility index (Phi) is 6.59. The maximum Gasteiger partial charge on any atom is 0.239 e. The van der Waals surface area contributed by atoms with E-state index < -0.39 is 30.1 Å². The highest BCUT2D eigenvalue weighted by Crippen LogP contribution is 2.10. The Labute approximate surface area is 143 Å². The lowest BCUT2D eigenvalue weighted by Crippen LogP contribution is -2.37. The number of benzene rings is 2. The predicted molar refractivity (Wildman–Crippen MR) is 87.3 cm³/mol. The first kappa shape index (κ1) is 18.5. The van der Waals surface area contributed by atoms with E-state index in [1.54, 1.807) is 6.07 Å². The first-order valence-corrected chi connectivity index (χ1v) is 7.64. The number of amides is 2. The van der Waals surface area contributed by atoms with Gasteiger partial charge in [0, 0.05) is 12.1 Å². The fraction of sp³-hybridized carbons (Fsp3) is 0.222. The van der Waals surface area contributed by atoms with Crippen molar-refractivity contribution in [2.24, 2.45) is 0 Å². The van der Waals surface area contributed by atoms with Crippen LogP contribution < -0.4 is 10.6 Å². The van der Waals surface area contributed by atoms with Gasteiger partial charge in [0.1, 0.15) is 11.6 Å². The molecule has 0 unspecified atom stereocenters. The largest absolute Gasteiger partial charge is 0.392 e. The van der Waals surface area contributed by atoms with E-state index in [4.69, 9.17) is 5.11 Å². The van der Waals surface area contributed by atoms with Crippen LogP contribution in [0.1, 0.15) is 16.7 Å². The minimum absolute atomic E-state index is 0.0249. The molecule has 7 heteroatoms. The van der Waals surface area contributed by atoms with E-state index in [1.165, 1.54) is 36.4 Å². The molecule has 2 amide bonds. The molecule has 0 saturated carbocycles. The van der Waals surface area contributed by atoms with E-state index >= 15 is 0 Å². The van der Waals surface area contributed by atoms with Gasteiger partial charge in [-0.25, -0.2) is 8.78 Å². The van der Waals surface area contributed by atoms with Crippen LogP contribution in [0.3, 0.4) is 0 Å². The molecule has 2 rings (SSSR count). The fourth-order valence-corrected chi connectivity index (χ4v) is 2.20. The Morgan fingerprint density at radius 3 is 2.48 bits per heavy atom. The summed E-state index contributed by atoms with van der Waals surface area (Å²) in [4.78, 5) is 23.5. The van der Waals surface area contributed by atoms with Crippen molar-refractivity contribution < 1.29 is 23.5 Å². The molecule has 0 aliphatic carbocycles. The van der Waals surface area contributed by atoms with Crippen LogP contribution in [0.15, 0.2) is 42.5 Å². The van der Waals surface area contributed by atoms with Gasteiger partial charge in [0.25, 0.3) is 0 Å². The van der Waals surface area contributed by atoms with Gasteiger partial charge in [0.15, 0.2) is 0 Å². The zero-order valence-corrected chi connectivity index (χ0v) is 13.4. The van der Waals surface area contributed by atoms with E-state index in [0.29, 0.717) is 11.1 Å². The van der Waals surface area contributed by atoms with Crippen molar-refractivity contribution in [3.8, 4) is 0 Å². The summed E-state index contributed by atoms with van der Waals surface area (Å²) in [5.41, 5.74) is 1.29. The SMILES string of the molecule is O=C(CNC(=O)Cc1cccc(F)c1)NCc1ccc(F)c(CO)c1. The highest BCUT2D eigenvalue weighted by molar-refractivity contribution is 5.85. The van der Waals surface area contributed by atoms with Crippen LogP contribution in [0.4, 0.5) is 8.78 Å². The topological polar surface area (TPSA) is 78.4 Å². The van der Waals surface area contributed by atoms with Crippen LogP contribution in [0.25, 0.3) is 0 Å². The number of rotatable bonds is 7. The molecule has 0 heterocycles. The Morgan fingerprint density at radius 2 is 1.76 bits per heavy atom. The summed E-state index contributed by atoms with van der Waals surface area (Å²) in [5.74, 6) is -1.75. The second kappa shape index (κ2) is 8.89. The van der Waals surface area contributed by atoms with Crippen LogP contribution in [-0.4, -0.2) is 23.5 Å². The minimum atomic E-state index is -0.512. The number of aliphatic hydroxyl groups excluding tert-OH is 1. The van der Waals surface area contributed by atoms with Crippen LogP contribution >= 0.6 is 0 Å². The van der Waals surface area contributed by atoms with Gasteiger partial charge in [0.2, 0.25) is 11.8 Å². The molecule has 0 spiro atoms. The molecule has 132 valence electrons. The fourth-order valence-electron chi connectivity index (χ4n) is 2.20. The molecule has 2 aromatic rings. The first-order valence-electron chi connectivity index (χ1n) is 7.64. The number of carbonyl (C=O) groups excluding carboxylic acids is 2. The van der Waals surface area contributed by atoms with Gasteiger partial charge in [-0.05, 0) is 35.4 Å². The average Bonchev–Trinajstić information content (AvgIpc) is 2.59. The molecular formula is C18H18F2N2O3. The Hall–Kier alpha value is -2.80. The normalized spacial score (nSPS) is 10.4. The minimum Gasteiger partial charge on any atom is -0.392 e. The third-order valence-corrected chi connectivity index (χ3v) is 3.47. The maximum atomic E-state index is 13.3. The molecule has 0 bridgehead atoms. The van der Waals surface area contributed by atoms with Crippen molar-refractivity contribution in [3.05, 3.63) is 70.8 Å². The summed E-state index contributed by atoms with van der Waals surface area (Å²) in [6, 6.07) is 9.84. The van der Waals surface area contributed by atoms with E-state index in [9.17, 15) is 18.4 Å². The highest BCUT2D eigenvalue weighted by Gasteiger charge is 2.08. The molecule has 0 saturated heterocycles. The summed E-state index contributed by atoms with van der Waals surface area (Å²) in [5, 5.41) is 14.0. The second-order valence-electron chi connectivity index (χ2n) is 5.44. The molecular weight excluding hydrogens is 330 g/mol. The van der Waals surface area contributed by atoms with Crippen LogP contribution in [0.5, 0.6) is 0 Å². The highest BCUT2D eigenvalue weighted by atomic mass is 19.1. The number of halogens is 2. The van der Waals surface area contributed by atoms with Crippen molar-refractivity contribution in [2.75, 3.05) is 6.54 Å². The third kappa shape index (κ3) is 5.96. The molecule has 5 nitrogen and oxygen atoms in total.